The smallest absolute Gasteiger partial charge is 0.230 e. The van der Waals surface area contributed by atoms with E-state index in [1.54, 1.807) is 0 Å². The molecular formula is C15H25N3O. The molecule has 1 aromatic heterocycles. The Hall–Kier alpha value is -0.900. The normalized spacial score (nSPS) is 39.6. The molecule has 2 N–H and O–H groups in total. The molecule has 0 bridgehead atoms. The summed E-state index contributed by atoms with van der Waals surface area (Å²) in [6.45, 7) is 4.57. The van der Waals surface area contributed by atoms with Crippen LogP contribution in [0.3, 0.4) is 0 Å². The maximum atomic E-state index is 6.50. The van der Waals surface area contributed by atoms with Crippen molar-refractivity contribution in [2.24, 2.45) is 17.6 Å². The quantitative estimate of drug-likeness (QED) is 0.888. The van der Waals surface area contributed by atoms with Crippen LogP contribution < -0.4 is 5.73 Å². The van der Waals surface area contributed by atoms with Crippen molar-refractivity contribution < 1.29 is 4.52 Å². The zero-order chi connectivity index (χ0) is 13.5. The zero-order valence-electron chi connectivity index (χ0n) is 12.1. The molecule has 2 fully saturated rings. The van der Waals surface area contributed by atoms with Crippen LogP contribution in [0.25, 0.3) is 0 Å². The number of aromatic nitrogens is 2. The summed E-state index contributed by atoms with van der Waals surface area (Å²) in [5.74, 6) is 3.45. The van der Waals surface area contributed by atoms with Gasteiger partial charge < -0.3 is 10.3 Å². The number of hydrogen-bond acceptors (Lipinski definition) is 4. The summed E-state index contributed by atoms with van der Waals surface area (Å²) in [5.41, 5.74) is 6.15. The van der Waals surface area contributed by atoms with E-state index in [4.69, 9.17) is 10.3 Å². The second-order valence-corrected chi connectivity index (χ2v) is 6.81. The fourth-order valence-corrected chi connectivity index (χ4v) is 3.60. The van der Waals surface area contributed by atoms with Gasteiger partial charge in [-0.15, -0.1) is 0 Å². The van der Waals surface area contributed by atoms with Gasteiger partial charge in [0.2, 0.25) is 5.89 Å². The lowest BCUT2D eigenvalue weighted by Gasteiger charge is -2.33. The van der Waals surface area contributed by atoms with E-state index in [9.17, 15) is 0 Å². The van der Waals surface area contributed by atoms with E-state index >= 15 is 0 Å². The summed E-state index contributed by atoms with van der Waals surface area (Å²) in [5, 5.41) is 4.20. The van der Waals surface area contributed by atoms with Crippen molar-refractivity contribution >= 4 is 0 Å². The molecule has 0 radical (unpaired) electrons. The van der Waals surface area contributed by atoms with Crippen LogP contribution in [-0.4, -0.2) is 10.1 Å². The van der Waals surface area contributed by atoms with Crippen molar-refractivity contribution in [3.8, 4) is 0 Å². The highest BCUT2D eigenvalue weighted by atomic mass is 16.5. The first-order chi connectivity index (χ1) is 9.08. The van der Waals surface area contributed by atoms with E-state index in [0.29, 0.717) is 11.8 Å². The molecule has 2 aliphatic carbocycles. The first kappa shape index (κ1) is 13.1. The molecule has 3 rings (SSSR count). The highest BCUT2D eigenvalue weighted by Crippen LogP contribution is 2.40. The average Bonchev–Trinajstić information content (AvgIpc) is 3.01. The Labute approximate surface area is 115 Å². The van der Waals surface area contributed by atoms with E-state index in [-0.39, 0.29) is 5.54 Å². The van der Waals surface area contributed by atoms with Crippen LogP contribution in [0.1, 0.15) is 76.4 Å². The van der Waals surface area contributed by atoms with Gasteiger partial charge in [0.15, 0.2) is 5.82 Å². The number of nitrogens with two attached hydrogens (primary N) is 1. The highest BCUT2D eigenvalue weighted by molar-refractivity contribution is 5.08. The summed E-state index contributed by atoms with van der Waals surface area (Å²) >= 11 is 0. The van der Waals surface area contributed by atoms with Gasteiger partial charge in [0.25, 0.3) is 0 Å². The monoisotopic (exact) mass is 263 g/mol. The van der Waals surface area contributed by atoms with Crippen LogP contribution in [0.5, 0.6) is 0 Å². The Morgan fingerprint density at radius 3 is 2.53 bits per heavy atom. The molecule has 0 aliphatic heterocycles. The molecule has 2 aliphatic rings. The molecule has 0 spiro atoms. The SMILES string of the molecule is CC1CCC(N)(c2noc(C3CCCC3C)n2)CC1. The van der Waals surface area contributed by atoms with Crippen molar-refractivity contribution in [2.75, 3.05) is 0 Å². The summed E-state index contributed by atoms with van der Waals surface area (Å²) < 4.78 is 5.52. The van der Waals surface area contributed by atoms with E-state index in [2.05, 4.69) is 24.0 Å². The van der Waals surface area contributed by atoms with Crippen LogP contribution >= 0.6 is 0 Å². The van der Waals surface area contributed by atoms with Crippen molar-refractivity contribution in [3.05, 3.63) is 11.7 Å². The van der Waals surface area contributed by atoms with Gasteiger partial charge in [0, 0.05) is 5.92 Å². The van der Waals surface area contributed by atoms with Crippen molar-refractivity contribution in [3.63, 3.8) is 0 Å². The van der Waals surface area contributed by atoms with E-state index in [1.165, 1.54) is 32.1 Å². The molecule has 1 aromatic rings. The molecule has 1 heterocycles. The predicted molar refractivity (Wildman–Crippen MR) is 73.6 cm³/mol. The van der Waals surface area contributed by atoms with Crippen LogP contribution in [0.15, 0.2) is 4.52 Å². The largest absolute Gasteiger partial charge is 0.339 e. The van der Waals surface area contributed by atoms with Crippen molar-refractivity contribution in [1.82, 2.24) is 10.1 Å². The fourth-order valence-electron chi connectivity index (χ4n) is 3.60. The second-order valence-electron chi connectivity index (χ2n) is 6.81. The molecule has 4 heteroatoms. The standard InChI is InChI=1S/C15H25N3O/c1-10-6-8-15(16,9-7-10)14-17-13(19-18-14)12-5-3-4-11(12)2/h10-12H,3-9,16H2,1-2H3. The third-order valence-corrected chi connectivity index (χ3v) is 5.23. The number of hydrogen-bond donors (Lipinski definition) is 1. The van der Waals surface area contributed by atoms with Crippen molar-refractivity contribution in [1.29, 1.82) is 0 Å². The van der Waals surface area contributed by atoms with E-state index in [0.717, 1.165) is 30.5 Å². The summed E-state index contributed by atoms with van der Waals surface area (Å²) in [7, 11) is 0. The fraction of sp³-hybridized carbons (Fsp3) is 0.867. The van der Waals surface area contributed by atoms with Crippen LogP contribution in [-0.2, 0) is 5.54 Å². The van der Waals surface area contributed by atoms with Crippen LogP contribution in [0, 0.1) is 11.8 Å². The molecular weight excluding hydrogens is 238 g/mol. The van der Waals surface area contributed by atoms with Gasteiger partial charge in [-0.3, -0.25) is 0 Å². The van der Waals surface area contributed by atoms with E-state index in [1.807, 2.05) is 0 Å². The lowest BCUT2D eigenvalue weighted by Crippen LogP contribution is -2.41. The first-order valence-corrected chi connectivity index (χ1v) is 7.71. The van der Waals surface area contributed by atoms with E-state index < -0.39 is 0 Å². The Morgan fingerprint density at radius 2 is 1.89 bits per heavy atom. The Bertz CT molecular complexity index is 434. The third-order valence-electron chi connectivity index (χ3n) is 5.23. The zero-order valence-corrected chi connectivity index (χ0v) is 12.1. The second kappa shape index (κ2) is 4.89. The Kier molecular flexibility index (Phi) is 3.37. The minimum atomic E-state index is -0.351. The van der Waals surface area contributed by atoms with Gasteiger partial charge in [-0.05, 0) is 50.4 Å². The third kappa shape index (κ3) is 2.42. The molecule has 2 unspecified atom stereocenters. The van der Waals surface area contributed by atoms with Crippen molar-refractivity contribution in [2.45, 2.75) is 70.3 Å². The van der Waals surface area contributed by atoms with Gasteiger partial charge >= 0.3 is 0 Å². The Balaban J connectivity index is 1.77. The highest BCUT2D eigenvalue weighted by Gasteiger charge is 2.38. The molecule has 0 aromatic carbocycles. The molecule has 2 atom stereocenters. The van der Waals surface area contributed by atoms with Gasteiger partial charge in [-0.1, -0.05) is 25.4 Å². The molecule has 0 saturated heterocycles. The number of rotatable bonds is 2. The molecule has 0 amide bonds. The first-order valence-electron chi connectivity index (χ1n) is 7.71. The van der Waals surface area contributed by atoms with Gasteiger partial charge in [0.05, 0.1) is 5.54 Å². The topological polar surface area (TPSA) is 64.9 Å². The van der Waals surface area contributed by atoms with Gasteiger partial charge in [-0.2, -0.15) is 4.98 Å². The number of nitrogens with zero attached hydrogens (tertiary/aromatic N) is 2. The maximum Gasteiger partial charge on any atom is 0.230 e. The lowest BCUT2D eigenvalue weighted by molar-refractivity contribution is 0.229. The average molecular weight is 263 g/mol. The lowest BCUT2D eigenvalue weighted by atomic mass is 9.77. The van der Waals surface area contributed by atoms with Crippen LogP contribution in [0.2, 0.25) is 0 Å². The van der Waals surface area contributed by atoms with Crippen LogP contribution in [0.4, 0.5) is 0 Å². The molecule has 19 heavy (non-hydrogen) atoms. The van der Waals surface area contributed by atoms with Gasteiger partial charge in [-0.25, -0.2) is 0 Å². The Morgan fingerprint density at radius 1 is 1.16 bits per heavy atom. The summed E-state index contributed by atoms with van der Waals surface area (Å²) in [6, 6.07) is 0. The summed E-state index contributed by atoms with van der Waals surface area (Å²) in [4.78, 5) is 4.66. The minimum absolute atomic E-state index is 0.351. The predicted octanol–water partition coefficient (Wildman–Crippen LogP) is 3.34. The molecule has 106 valence electrons. The van der Waals surface area contributed by atoms with Gasteiger partial charge in [0.1, 0.15) is 0 Å². The molecule has 4 nitrogen and oxygen atoms in total. The maximum absolute atomic E-state index is 6.50. The molecule has 2 saturated carbocycles. The minimum Gasteiger partial charge on any atom is -0.339 e. The summed E-state index contributed by atoms with van der Waals surface area (Å²) in [6.07, 6.45) is 8.01.